The van der Waals surface area contributed by atoms with Crippen molar-refractivity contribution in [3.8, 4) is 22.4 Å². The third-order valence-corrected chi connectivity index (χ3v) is 7.31. The molecule has 0 radical (unpaired) electrons. The summed E-state index contributed by atoms with van der Waals surface area (Å²) in [5.41, 5.74) is 2.91. The Bertz CT molecular complexity index is 1620. The molecule has 216 valence electrons. The van der Waals surface area contributed by atoms with E-state index in [0.717, 1.165) is 28.6 Å². The Morgan fingerprint density at radius 1 is 1.05 bits per heavy atom. The van der Waals surface area contributed by atoms with Crippen LogP contribution in [0.5, 0.6) is 0 Å². The monoisotopic (exact) mass is 588 g/mol. The fraction of sp³-hybridized carbons (Fsp3) is 0.233. The number of ether oxygens (including phenoxy) is 1. The van der Waals surface area contributed by atoms with E-state index in [1.54, 1.807) is 55.6 Å². The van der Waals surface area contributed by atoms with Crippen molar-refractivity contribution in [3.05, 3.63) is 89.0 Å². The second kappa shape index (κ2) is 12.3. The van der Waals surface area contributed by atoms with Crippen molar-refractivity contribution in [3.63, 3.8) is 0 Å². The zero-order valence-electron chi connectivity index (χ0n) is 22.8. The zero-order valence-corrected chi connectivity index (χ0v) is 23.5. The van der Waals surface area contributed by atoms with Gasteiger partial charge in [-0.05, 0) is 73.7 Å². The van der Waals surface area contributed by atoms with E-state index in [4.69, 9.17) is 22.2 Å². The van der Waals surface area contributed by atoms with Crippen LogP contribution in [-0.4, -0.2) is 55.8 Å². The molecule has 4 N–H and O–H groups in total. The van der Waals surface area contributed by atoms with E-state index in [1.165, 1.54) is 4.90 Å². The maximum absolute atomic E-state index is 13.0. The molecule has 5 rings (SSSR count). The van der Waals surface area contributed by atoms with Crippen LogP contribution in [-0.2, 0) is 4.74 Å². The second-order valence-corrected chi connectivity index (χ2v) is 10.1. The van der Waals surface area contributed by atoms with Gasteiger partial charge in [0.1, 0.15) is 11.5 Å². The van der Waals surface area contributed by atoms with Crippen molar-refractivity contribution in [2.75, 3.05) is 24.3 Å². The Morgan fingerprint density at radius 3 is 2.45 bits per heavy atom. The molecule has 0 bridgehead atoms. The van der Waals surface area contributed by atoms with Crippen LogP contribution in [0, 0.1) is 0 Å². The minimum absolute atomic E-state index is 0.00294. The predicted octanol–water partition coefficient (Wildman–Crippen LogP) is 5.61. The van der Waals surface area contributed by atoms with Crippen LogP contribution in [0.1, 0.15) is 58.9 Å². The third-order valence-electron chi connectivity index (χ3n) is 7.05. The van der Waals surface area contributed by atoms with Gasteiger partial charge < -0.3 is 21.0 Å². The molecule has 1 atom stereocenters. The van der Waals surface area contributed by atoms with Gasteiger partial charge in [-0.15, -0.1) is 0 Å². The number of hydrogen-bond donors (Lipinski definition) is 3. The number of nitrogens with zero attached hydrogens (tertiary/aromatic N) is 4. The summed E-state index contributed by atoms with van der Waals surface area (Å²) in [4.78, 5) is 48.0. The van der Waals surface area contributed by atoms with Crippen molar-refractivity contribution >= 4 is 35.4 Å². The molecule has 1 unspecified atom stereocenters. The summed E-state index contributed by atoms with van der Waals surface area (Å²) >= 11 is 5.99. The molecule has 42 heavy (non-hydrogen) atoms. The number of halogens is 1. The quantitative estimate of drug-likeness (QED) is 0.186. The van der Waals surface area contributed by atoms with Gasteiger partial charge in [0.2, 0.25) is 0 Å². The predicted molar refractivity (Wildman–Crippen MR) is 158 cm³/mol. The molecule has 0 saturated carbocycles. The molecular formula is C30H29ClN6O5. The molecule has 3 heterocycles. The molecule has 11 nitrogen and oxygen atoms in total. The van der Waals surface area contributed by atoms with E-state index < -0.39 is 18.1 Å². The molecule has 4 aromatic rings. The number of benzene rings is 2. The van der Waals surface area contributed by atoms with E-state index in [2.05, 4.69) is 15.3 Å². The van der Waals surface area contributed by atoms with Gasteiger partial charge in [0, 0.05) is 28.9 Å². The average molecular weight is 589 g/mol. The summed E-state index contributed by atoms with van der Waals surface area (Å²) in [6.07, 6.45) is 2.58. The van der Waals surface area contributed by atoms with Crippen LogP contribution < -0.4 is 11.2 Å². The van der Waals surface area contributed by atoms with Crippen LogP contribution in [0.15, 0.2) is 66.9 Å². The van der Waals surface area contributed by atoms with E-state index in [-0.39, 0.29) is 29.7 Å². The van der Waals surface area contributed by atoms with Gasteiger partial charge in [0.05, 0.1) is 12.6 Å². The number of imidazole rings is 1. The van der Waals surface area contributed by atoms with Crippen molar-refractivity contribution in [1.82, 2.24) is 19.5 Å². The topological polar surface area (TPSA) is 153 Å². The second-order valence-electron chi connectivity index (χ2n) is 9.71. The molecule has 2 amide bonds. The molecule has 12 heteroatoms. The summed E-state index contributed by atoms with van der Waals surface area (Å²) in [5, 5.41) is 13.2. The number of piperidine rings is 1. The maximum Gasteiger partial charge on any atom is 0.407 e. The highest BCUT2D eigenvalue weighted by Crippen LogP contribution is 2.34. The minimum atomic E-state index is -1.08. The Morgan fingerprint density at radius 2 is 1.76 bits per heavy atom. The number of carbonyl (C=O) groups is 3. The first-order chi connectivity index (χ1) is 20.3. The number of carboxylic acid groups (broad SMARTS) is 1. The van der Waals surface area contributed by atoms with Gasteiger partial charge in [-0.2, -0.15) is 0 Å². The van der Waals surface area contributed by atoms with E-state index >= 15 is 0 Å². The molecule has 0 spiro atoms. The first-order valence-corrected chi connectivity index (χ1v) is 13.8. The Hall–Kier alpha value is -4.90. The normalized spacial score (nSPS) is 14.8. The fourth-order valence-corrected chi connectivity index (χ4v) is 5.12. The number of pyridine rings is 1. The standard InChI is InChI=1S/C30H29ClN6O5/c1-2-42-29(39)26-25(35-27(37(26)32)23-5-3-4-16-36(23)30(40)41)19-6-8-20(9-7-19)28(38)34-24-17-21(14-15-33-24)18-10-12-22(31)13-11-18/h6-15,17,23H,2-5,16,32H2,1H3,(H,40,41)(H,33,34,38). The van der Waals surface area contributed by atoms with Crippen molar-refractivity contribution < 1.29 is 24.2 Å². The molecule has 2 aromatic heterocycles. The average Bonchev–Trinajstić information content (AvgIpc) is 3.34. The molecule has 1 fully saturated rings. The Labute approximate surface area is 246 Å². The number of nitrogen functional groups attached to an aromatic ring is 1. The Balaban J connectivity index is 1.41. The lowest BCUT2D eigenvalue weighted by atomic mass is 10.0. The first kappa shape index (κ1) is 28.6. The number of anilines is 1. The first-order valence-electron chi connectivity index (χ1n) is 13.4. The van der Waals surface area contributed by atoms with Crippen molar-refractivity contribution in [2.24, 2.45) is 0 Å². The lowest BCUT2D eigenvalue weighted by Gasteiger charge is -2.32. The highest BCUT2D eigenvalue weighted by molar-refractivity contribution is 6.30. The largest absolute Gasteiger partial charge is 0.465 e. The summed E-state index contributed by atoms with van der Waals surface area (Å²) in [5.74, 6) is 5.92. The van der Waals surface area contributed by atoms with Gasteiger partial charge in [-0.25, -0.2) is 24.2 Å². The number of esters is 1. The lowest BCUT2D eigenvalue weighted by molar-refractivity contribution is 0.0516. The number of rotatable bonds is 7. The number of aromatic nitrogens is 3. The van der Waals surface area contributed by atoms with E-state index in [1.807, 2.05) is 18.2 Å². The fourth-order valence-electron chi connectivity index (χ4n) is 5.00. The smallest absolute Gasteiger partial charge is 0.407 e. The van der Waals surface area contributed by atoms with E-state index in [0.29, 0.717) is 34.9 Å². The van der Waals surface area contributed by atoms with Crippen molar-refractivity contribution in [2.45, 2.75) is 32.2 Å². The van der Waals surface area contributed by atoms with Gasteiger partial charge in [-0.3, -0.25) is 9.69 Å². The molecule has 1 aliphatic heterocycles. The van der Waals surface area contributed by atoms with E-state index in [9.17, 15) is 19.5 Å². The number of nitrogens with one attached hydrogen (secondary N) is 1. The Kier molecular flexibility index (Phi) is 8.39. The number of hydrogen-bond acceptors (Lipinski definition) is 7. The van der Waals surface area contributed by atoms with Crippen LogP contribution in [0.2, 0.25) is 5.02 Å². The summed E-state index contributed by atoms with van der Waals surface area (Å²) < 4.78 is 6.36. The number of carbonyl (C=O) groups excluding carboxylic acids is 2. The summed E-state index contributed by atoms with van der Waals surface area (Å²) in [6, 6.07) is 16.8. The van der Waals surface area contributed by atoms with Crippen molar-refractivity contribution in [1.29, 1.82) is 0 Å². The molecule has 1 saturated heterocycles. The summed E-state index contributed by atoms with van der Waals surface area (Å²) in [6.45, 7) is 2.14. The molecule has 2 aromatic carbocycles. The van der Waals surface area contributed by atoms with Crippen LogP contribution in [0.4, 0.5) is 10.6 Å². The number of likely N-dealkylation sites (tertiary alicyclic amines) is 1. The number of amides is 2. The van der Waals surface area contributed by atoms with Gasteiger partial charge in [0.15, 0.2) is 11.5 Å². The third kappa shape index (κ3) is 5.91. The maximum atomic E-state index is 13.0. The highest BCUT2D eigenvalue weighted by atomic mass is 35.5. The molecule has 1 aliphatic rings. The van der Waals surface area contributed by atoms with Gasteiger partial charge >= 0.3 is 12.1 Å². The highest BCUT2D eigenvalue weighted by Gasteiger charge is 2.34. The zero-order chi connectivity index (χ0) is 29.8. The lowest BCUT2D eigenvalue weighted by Crippen LogP contribution is -2.39. The SMILES string of the molecule is CCOC(=O)c1c(-c2ccc(C(=O)Nc3cc(-c4ccc(Cl)cc4)ccn3)cc2)nc(C2CCCCN2C(=O)O)n1N. The number of nitrogens with two attached hydrogens (primary N) is 1. The molecular weight excluding hydrogens is 560 g/mol. The van der Waals surface area contributed by atoms with Crippen LogP contribution in [0.25, 0.3) is 22.4 Å². The van der Waals surface area contributed by atoms with Gasteiger partial charge in [-0.1, -0.05) is 35.9 Å². The van der Waals surface area contributed by atoms with Gasteiger partial charge in [0.25, 0.3) is 5.91 Å². The van der Waals surface area contributed by atoms with Crippen LogP contribution >= 0.6 is 11.6 Å². The minimum Gasteiger partial charge on any atom is -0.465 e. The van der Waals surface area contributed by atoms with Crippen LogP contribution in [0.3, 0.4) is 0 Å². The summed E-state index contributed by atoms with van der Waals surface area (Å²) in [7, 11) is 0. The molecule has 0 aliphatic carbocycles.